The first-order valence-electron chi connectivity index (χ1n) is 8.53. The number of rotatable bonds is 6. The molecule has 24 heavy (non-hydrogen) atoms. The number of hydrogen-bond acceptors (Lipinski definition) is 2. The van der Waals surface area contributed by atoms with Crippen molar-refractivity contribution in [1.82, 2.24) is 10.2 Å². The summed E-state index contributed by atoms with van der Waals surface area (Å²) in [4.78, 5) is 14.7. The van der Waals surface area contributed by atoms with Crippen molar-refractivity contribution in [2.45, 2.75) is 31.8 Å². The fourth-order valence-electron chi connectivity index (χ4n) is 3.27. The molecule has 1 saturated heterocycles. The zero-order valence-corrected chi connectivity index (χ0v) is 13.7. The minimum absolute atomic E-state index is 0.0553. The number of nitrogens with zero attached hydrogens (tertiary/aromatic N) is 1. The smallest absolute Gasteiger partial charge is 0.237 e. The average molecular weight is 326 g/mol. The van der Waals surface area contributed by atoms with Crippen LogP contribution in [-0.2, 0) is 17.8 Å². The Morgan fingerprint density at radius 2 is 1.88 bits per heavy atom. The summed E-state index contributed by atoms with van der Waals surface area (Å²) in [5, 5.41) is 2.97. The third kappa shape index (κ3) is 4.20. The Morgan fingerprint density at radius 3 is 2.67 bits per heavy atom. The first-order valence-corrected chi connectivity index (χ1v) is 8.53. The van der Waals surface area contributed by atoms with Crippen molar-refractivity contribution in [3.63, 3.8) is 0 Å². The standard InChI is InChI=1S/C20H23FN2O/c21-18-10-5-4-9-17(18)12-13-22-20(24)19-11-6-14-23(19)15-16-7-2-1-3-8-16/h1-5,7-10,19H,6,11-15H2,(H,22,24). The van der Waals surface area contributed by atoms with Crippen molar-refractivity contribution in [3.8, 4) is 0 Å². The second-order valence-corrected chi connectivity index (χ2v) is 6.25. The van der Waals surface area contributed by atoms with Gasteiger partial charge in [0.15, 0.2) is 0 Å². The molecule has 1 amide bonds. The van der Waals surface area contributed by atoms with Crippen molar-refractivity contribution in [1.29, 1.82) is 0 Å². The summed E-state index contributed by atoms with van der Waals surface area (Å²) in [6, 6.07) is 16.9. The van der Waals surface area contributed by atoms with Crippen LogP contribution in [-0.4, -0.2) is 29.9 Å². The van der Waals surface area contributed by atoms with Gasteiger partial charge in [0.05, 0.1) is 6.04 Å². The van der Waals surface area contributed by atoms with E-state index >= 15 is 0 Å². The molecule has 1 fully saturated rings. The van der Waals surface area contributed by atoms with Crippen molar-refractivity contribution in [2.24, 2.45) is 0 Å². The highest BCUT2D eigenvalue weighted by Crippen LogP contribution is 2.20. The summed E-state index contributed by atoms with van der Waals surface area (Å²) in [6.45, 7) is 2.21. The maximum Gasteiger partial charge on any atom is 0.237 e. The van der Waals surface area contributed by atoms with Gasteiger partial charge < -0.3 is 5.32 Å². The van der Waals surface area contributed by atoms with E-state index in [1.165, 1.54) is 11.6 Å². The lowest BCUT2D eigenvalue weighted by molar-refractivity contribution is -0.125. The van der Waals surface area contributed by atoms with Gasteiger partial charge in [-0.05, 0) is 43.0 Å². The predicted octanol–water partition coefficient (Wildman–Crippen LogP) is 3.15. The molecule has 126 valence electrons. The number of carbonyl (C=O) groups excluding carboxylic acids is 1. The van der Waals surface area contributed by atoms with Gasteiger partial charge in [0.1, 0.15) is 5.82 Å². The third-order valence-corrected chi connectivity index (χ3v) is 4.55. The zero-order valence-electron chi connectivity index (χ0n) is 13.7. The lowest BCUT2D eigenvalue weighted by Gasteiger charge is -2.23. The fourth-order valence-corrected chi connectivity index (χ4v) is 3.27. The van der Waals surface area contributed by atoms with Crippen molar-refractivity contribution in [3.05, 3.63) is 71.5 Å². The predicted molar refractivity (Wildman–Crippen MR) is 93.0 cm³/mol. The molecular weight excluding hydrogens is 303 g/mol. The highest BCUT2D eigenvalue weighted by Gasteiger charge is 2.30. The van der Waals surface area contributed by atoms with Gasteiger partial charge in [0.25, 0.3) is 0 Å². The van der Waals surface area contributed by atoms with Gasteiger partial charge in [0, 0.05) is 13.1 Å². The summed E-state index contributed by atoms with van der Waals surface area (Å²) >= 11 is 0. The van der Waals surface area contributed by atoms with Crippen LogP contribution in [0.2, 0.25) is 0 Å². The van der Waals surface area contributed by atoms with Gasteiger partial charge >= 0.3 is 0 Å². The molecule has 2 aromatic carbocycles. The average Bonchev–Trinajstić information content (AvgIpc) is 3.05. The number of likely N-dealkylation sites (tertiary alicyclic amines) is 1. The third-order valence-electron chi connectivity index (χ3n) is 4.55. The van der Waals surface area contributed by atoms with Crippen LogP contribution in [0.15, 0.2) is 54.6 Å². The molecule has 1 unspecified atom stereocenters. The number of amides is 1. The van der Waals surface area contributed by atoms with E-state index in [0.29, 0.717) is 18.5 Å². The molecule has 1 aliphatic heterocycles. The Hall–Kier alpha value is -2.20. The second-order valence-electron chi connectivity index (χ2n) is 6.25. The molecule has 4 heteroatoms. The highest BCUT2D eigenvalue weighted by molar-refractivity contribution is 5.82. The molecule has 3 nitrogen and oxygen atoms in total. The number of hydrogen-bond donors (Lipinski definition) is 1. The van der Waals surface area contributed by atoms with E-state index in [1.807, 2.05) is 24.3 Å². The Bertz CT molecular complexity index is 674. The molecule has 1 heterocycles. The molecule has 1 N–H and O–H groups in total. The Kier molecular flexibility index (Phi) is 5.59. The first-order chi connectivity index (χ1) is 11.7. The van der Waals surface area contributed by atoms with Crippen LogP contribution < -0.4 is 5.32 Å². The van der Waals surface area contributed by atoms with E-state index in [4.69, 9.17) is 0 Å². The van der Waals surface area contributed by atoms with Crippen LogP contribution in [0.25, 0.3) is 0 Å². The number of halogens is 1. The van der Waals surface area contributed by atoms with E-state index in [-0.39, 0.29) is 17.8 Å². The Balaban J connectivity index is 1.51. The maximum absolute atomic E-state index is 13.6. The molecule has 0 spiro atoms. The van der Waals surface area contributed by atoms with Crippen molar-refractivity contribution < 1.29 is 9.18 Å². The SMILES string of the molecule is O=C(NCCc1ccccc1F)C1CCCN1Cc1ccccc1. The van der Waals surface area contributed by atoms with Crippen LogP contribution in [0.5, 0.6) is 0 Å². The maximum atomic E-state index is 13.6. The van der Waals surface area contributed by atoms with Crippen LogP contribution in [0.3, 0.4) is 0 Å². The van der Waals surface area contributed by atoms with Gasteiger partial charge in [-0.1, -0.05) is 48.5 Å². The van der Waals surface area contributed by atoms with E-state index in [0.717, 1.165) is 25.9 Å². The van der Waals surface area contributed by atoms with E-state index in [2.05, 4.69) is 22.3 Å². The van der Waals surface area contributed by atoms with E-state index in [9.17, 15) is 9.18 Å². The topological polar surface area (TPSA) is 32.3 Å². The van der Waals surface area contributed by atoms with Gasteiger partial charge in [0.2, 0.25) is 5.91 Å². The number of nitrogens with one attached hydrogen (secondary N) is 1. The molecule has 0 aliphatic carbocycles. The highest BCUT2D eigenvalue weighted by atomic mass is 19.1. The van der Waals surface area contributed by atoms with Crippen molar-refractivity contribution >= 4 is 5.91 Å². The largest absolute Gasteiger partial charge is 0.354 e. The minimum atomic E-state index is -0.210. The van der Waals surface area contributed by atoms with Crippen LogP contribution in [0, 0.1) is 5.82 Å². The molecule has 0 aromatic heterocycles. The quantitative estimate of drug-likeness (QED) is 0.884. The fraction of sp³-hybridized carbons (Fsp3) is 0.350. The van der Waals surface area contributed by atoms with Crippen LogP contribution in [0.4, 0.5) is 4.39 Å². The molecule has 3 rings (SSSR count). The van der Waals surface area contributed by atoms with Gasteiger partial charge in [-0.3, -0.25) is 9.69 Å². The Labute approximate surface area is 142 Å². The normalized spacial score (nSPS) is 17.8. The van der Waals surface area contributed by atoms with Gasteiger partial charge in [-0.15, -0.1) is 0 Å². The lowest BCUT2D eigenvalue weighted by atomic mass is 10.1. The molecule has 2 aromatic rings. The van der Waals surface area contributed by atoms with Crippen molar-refractivity contribution in [2.75, 3.05) is 13.1 Å². The summed E-state index contributed by atoms with van der Waals surface area (Å²) < 4.78 is 13.6. The van der Waals surface area contributed by atoms with Crippen LogP contribution >= 0.6 is 0 Å². The molecule has 0 bridgehead atoms. The lowest BCUT2D eigenvalue weighted by Crippen LogP contribution is -2.43. The van der Waals surface area contributed by atoms with E-state index < -0.39 is 0 Å². The summed E-state index contributed by atoms with van der Waals surface area (Å²) in [5.41, 5.74) is 1.87. The monoisotopic (exact) mass is 326 g/mol. The molecular formula is C20H23FN2O. The zero-order chi connectivity index (χ0) is 16.8. The molecule has 0 saturated carbocycles. The summed E-state index contributed by atoms with van der Waals surface area (Å²) in [7, 11) is 0. The summed E-state index contributed by atoms with van der Waals surface area (Å²) in [6.07, 6.45) is 2.44. The summed E-state index contributed by atoms with van der Waals surface area (Å²) in [5.74, 6) is -0.155. The second kappa shape index (κ2) is 8.06. The molecule has 0 radical (unpaired) electrons. The number of benzene rings is 2. The first kappa shape index (κ1) is 16.7. The number of carbonyl (C=O) groups is 1. The van der Waals surface area contributed by atoms with Gasteiger partial charge in [-0.2, -0.15) is 0 Å². The Morgan fingerprint density at radius 1 is 1.12 bits per heavy atom. The molecule has 1 aliphatic rings. The van der Waals surface area contributed by atoms with Crippen LogP contribution in [0.1, 0.15) is 24.0 Å². The van der Waals surface area contributed by atoms with E-state index in [1.54, 1.807) is 12.1 Å². The minimum Gasteiger partial charge on any atom is -0.354 e. The van der Waals surface area contributed by atoms with Gasteiger partial charge in [-0.25, -0.2) is 4.39 Å². The molecule has 1 atom stereocenters.